The summed E-state index contributed by atoms with van der Waals surface area (Å²) in [5.74, 6) is 1.06. The SMILES string of the molecule is OC1(Cc2nc(Cn3cccn3)no2)CCCN(Cc2ccccc2)C1. The van der Waals surface area contributed by atoms with Crippen LogP contribution in [0.15, 0.2) is 53.3 Å². The van der Waals surface area contributed by atoms with E-state index >= 15 is 0 Å². The van der Waals surface area contributed by atoms with Gasteiger partial charge in [0.15, 0.2) is 5.82 Å². The summed E-state index contributed by atoms with van der Waals surface area (Å²) in [4.78, 5) is 6.71. The van der Waals surface area contributed by atoms with E-state index in [2.05, 4.69) is 32.3 Å². The predicted molar refractivity (Wildman–Crippen MR) is 95.2 cm³/mol. The Kier molecular flexibility index (Phi) is 4.81. The maximum Gasteiger partial charge on any atom is 0.229 e. The second-order valence-corrected chi connectivity index (χ2v) is 7.01. The summed E-state index contributed by atoms with van der Waals surface area (Å²) >= 11 is 0. The maximum atomic E-state index is 11.1. The highest BCUT2D eigenvalue weighted by Gasteiger charge is 2.35. The summed E-state index contributed by atoms with van der Waals surface area (Å²) in [6.45, 7) is 2.91. The van der Waals surface area contributed by atoms with Crippen LogP contribution in [0.2, 0.25) is 0 Å². The van der Waals surface area contributed by atoms with E-state index < -0.39 is 5.60 Å². The summed E-state index contributed by atoms with van der Waals surface area (Å²) in [6, 6.07) is 12.2. The van der Waals surface area contributed by atoms with Crippen LogP contribution in [0.25, 0.3) is 0 Å². The van der Waals surface area contributed by atoms with Crippen LogP contribution >= 0.6 is 0 Å². The number of piperidine rings is 1. The lowest BCUT2D eigenvalue weighted by Gasteiger charge is -2.38. The van der Waals surface area contributed by atoms with E-state index in [4.69, 9.17) is 4.52 Å². The molecule has 7 nitrogen and oxygen atoms in total. The number of β-amino-alcohol motifs (C(OH)–C–C–N with tert-alkyl or cyclic N) is 1. The Morgan fingerprint density at radius 3 is 2.85 bits per heavy atom. The number of benzene rings is 1. The topological polar surface area (TPSA) is 80.2 Å². The minimum atomic E-state index is -0.831. The highest BCUT2D eigenvalue weighted by atomic mass is 16.5. The number of aliphatic hydroxyl groups is 1. The van der Waals surface area contributed by atoms with Crippen molar-refractivity contribution in [2.24, 2.45) is 0 Å². The van der Waals surface area contributed by atoms with E-state index in [1.165, 1.54) is 5.56 Å². The second-order valence-electron chi connectivity index (χ2n) is 7.01. The molecule has 1 aliphatic rings. The van der Waals surface area contributed by atoms with Crippen molar-refractivity contribution in [3.63, 3.8) is 0 Å². The van der Waals surface area contributed by atoms with E-state index in [-0.39, 0.29) is 0 Å². The molecule has 3 heterocycles. The first-order valence-corrected chi connectivity index (χ1v) is 8.96. The van der Waals surface area contributed by atoms with Crippen molar-refractivity contribution < 1.29 is 9.63 Å². The lowest BCUT2D eigenvalue weighted by atomic mass is 9.89. The van der Waals surface area contributed by atoms with Crippen LogP contribution in [0.5, 0.6) is 0 Å². The fraction of sp³-hybridized carbons (Fsp3) is 0.421. The Bertz CT molecular complexity index is 818. The molecular weight excluding hydrogens is 330 g/mol. The lowest BCUT2D eigenvalue weighted by Crippen LogP contribution is -2.49. The number of aromatic nitrogens is 4. The fourth-order valence-electron chi connectivity index (χ4n) is 3.57. The van der Waals surface area contributed by atoms with Crippen LogP contribution in [0.4, 0.5) is 0 Å². The number of nitrogens with zero attached hydrogens (tertiary/aromatic N) is 5. The van der Waals surface area contributed by atoms with Gasteiger partial charge >= 0.3 is 0 Å². The van der Waals surface area contributed by atoms with E-state index in [1.54, 1.807) is 10.9 Å². The molecule has 1 unspecified atom stereocenters. The van der Waals surface area contributed by atoms with Crippen LogP contribution < -0.4 is 0 Å². The molecule has 2 aromatic heterocycles. The van der Waals surface area contributed by atoms with Crippen LogP contribution in [0.3, 0.4) is 0 Å². The Morgan fingerprint density at radius 2 is 2.04 bits per heavy atom. The zero-order valence-electron chi connectivity index (χ0n) is 14.7. The zero-order chi connectivity index (χ0) is 17.8. The monoisotopic (exact) mass is 353 g/mol. The quantitative estimate of drug-likeness (QED) is 0.729. The molecule has 0 spiro atoms. The minimum Gasteiger partial charge on any atom is -0.388 e. The first-order chi connectivity index (χ1) is 12.7. The summed E-state index contributed by atoms with van der Waals surface area (Å²) in [5, 5.41) is 19.2. The summed E-state index contributed by atoms with van der Waals surface area (Å²) < 4.78 is 7.10. The Morgan fingerprint density at radius 1 is 1.15 bits per heavy atom. The van der Waals surface area contributed by atoms with Crippen LogP contribution in [-0.2, 0) is 19.5 Å². The molecule has 1 atom stereocenters. The van der Waals surface area contributed by atoms with E-state index in [9.17, 15) is 5.11 Å². The third kappa shape index (κ3) is 4.17. The number of hydrogen-bond acceptors (Lipinski definition) is 6. The van der Waals surface area contributed by atoms with Gasteiger partial charge in [-0.05, 0) is 31.0 Å². The average molecular weight is 353 g/mol. The van der Waals surface area contributed by atoms with Crippen molar-refractivity contribution in [2.45, 2.75) is 38.0 Å². The van der Waals surface area contributed by atoms with Gasteiger partial charge in [0.25, 0.3) is 0 Å². The molecule has 0 saturated carbocycles. The first kappa shape index (κ1) is 16.9. The van der Waals surface area contributed by atoms with Gasteiger partial charge in [-0.2, -0.15) is 10.1 Å². The maximum absolute atomic E-state index is 11.1. The van der Waals surface area contributed by atoms with Gasteiger partial charge < -0.3 is 9.63 Å². The zero-order valence-corrected chi connectivity index (χ0v) is 14.7. The molecular formula is C19H23N5O2. The van der Waals surface area contributed by atoms with Gasteiger partial charge in [0.1, 0.15) is 6.54 Å². The normalized spacial score (nSPS) is 21.1. The van der Waals surface area contributed by atoms with Crippen molar-refractivity contribution in [3.05, 3.63) is 66.1 Å². The summed E-state index contributed by atoms with van der Waals surface area (Å²) in [5.41, 5.74) is 0.429. The Hall–Kier alpha value is -2.51. The average Bonchev–Trinajstić information content (AvgIpc) is 3.28. The van der Waals surface area contributed by atoms with E-state index in [0.717, 1.165) is 25.9 Å². The third-order valence-electron chi connectivity index (χ3n) is 4.74. The Labute approximate surface area is 152 Å². The molecule has 136 valence electrons. The molecule has 1 aromatic carbocycles. The van der Waals surface area contributed by atoms with Crippen LogP contribution in [-0.4, -0.2) is 48.6 Å². The van der Waals surface area contributed by atoms with Crippen molar-refractivity contribution >= 4 is 0 Å². The largest absolute Gasteiger partial charge is 0.388 e. The molecule has 4 rings (SSSR count). The molecule has 1 fully saturated rings. The fourth-order valence-corrected chi connectivity index (χ4v) is 3.57. The summed E-state index contributed by atoms with van der Waals surface area (Å²) in [6.07, 6.45) is 5.65. The molecule has 0 bridgehead atoms. The number of hydrogen-bond donors (Lipinski definition) is 1. The molecule has 1 saturated heterocycles. The van der Waals surface area contributed by atoms with Gasteiger partial charge in [-0.1, -0.05) is 35.5 Å². The van der Waals surface area contributed by atoms with Crippen molar-refractivity contribution in [2.75, 3.05) is 13.1 Å². The molecule has 0 amide bonds. The minimum absolute atomic E-state index is 0.379. The number of rotatable bonds is 6. The van der Waals surface area contributed by atoms with Gasteiger partial charge in [0, 0.05) is 25.5 Å². The van der Waals surface area contributed by atoms with Crippen LogP contribution in [0.1, 0.15) is 30.1 Å². The first-order valence-electron chi connectivity index (χ1n) is 8.96. The molecule has 0 radical (unpaired) electrons. The summed E-state index contributed by atoms with van der Waals surface area (Å²) in [7, 11) is 0. The van der Waals surface area contributed by atoms with Crippen molar-refractivity contribution in [1.82, 2.24) is 24.8 Å². The van der Waals surface area contributed by atoms with E-state index in [0.29, 0.717) is 31.2 Å². The molecule has 3 aromatic rings. The number of likely N-dealkylation sites (tertiary alicyclic amines) is 1. The third-order valence-corrected chi connectivity index (χ3v) is 4.74. The molecule has 26 heavy (non-hydrogen) atoms. The van der Waals surface area contributed by atoms with Gasteiger partial charge in [-0.3, -0.25) is 9.58 Å². The molecule has 7 heteroatoms. The van der Waals surface area contributed by atoms with Crippen LogP contribution in [0, 0.1) is 0 Å². The van der Waals surface area contributed by atoms with E-state index in [1.807, 2.05) is 30.5 Å². The molecule has 0 aliphatic carbocycles. The second kappa shape index (κ2) is 7.39. The standard InChI is InChI=1S/C19H23N5O2/c25-19(8-4-10-23(15-19)13-16-6-2-1-3-7-16)12-18-21-17(22-26-18)14-24-11-5-9-20-24/h1-3,5-7,9,11,25H,4,8,10,12-15H2. The molecule has 1 aliphatic heterocycles. The highest BCUT2D eigenvalue weighted by molar-refractivity contribution is 5.14. The Balaban J connectivity index is 1.38. The van der Waals surface area contributed by atoms with Gasteiger partial charge in [0.2, 0.25) is 5.89 Å². The predicted octanol–water partition coefficient (Wildman–Crippen LogP) is 1.88. The lowest BCUT2D eigenvalue weighted by molar-refractivity contribution is -0.0373. The van der Waals surface area contributed by atoms with Crippen molar-refractivity contribution in [3.8, 4) is 0 Å². The molecule has 1 N–H and O–H groups in total. The van der Waals surface area contributed by atoms with Gasteiger partial charge in [0.05, 0.1) is 12.0 Å². The smallest absolute Gasteiger partial charge is 0.229 e. The van der Waals surface area contributed by atoms with Gasteiger partial charge in [-0.25, -0.2) is 0 Å². The van der Waals surface area contributed by atoms with Gasteiger partial charge in [-0.15, -0.1) is 0 Å². The van der Waals surface area contributed by atoms with Crippen molar-refractivity contribution in [1.29, 1.82) is 0 Å². The highest BCUT2D eigenvalue weighted by Crippen LogP contribution is 2.26.